The van der Waals surface area contributed by atoms with Gasteiger partial charge in [0.15, 0.2) is 0 Å². The molecule has 0 aromatic carbocycles. The van der Waals surface area contributed by atoms with Crippen LogP contribution in [0.2, 0.25) is 0 Å². The third-order valence-corrected chi connectivity index (χ3v) is 5.05. The SMILES string of the molecule is CCCOc1cc2cc3nc(cc4ccc(cc5nc(cc1n2N)C=C5)n4N)C=C3.[Mn]. The van der Waals surface area contributed by atoms with Gasteiger partial charge in [-0.3, -0.25) is 9.35 Å². The van der Waals surface area contributed by atoms with Crippen LogP contribution in [-0.4, -0.2) is 25.9 Å². The molecule has 31 heavy (non-hydrogen) atoms. The van der Waals surface area contributed by atoms with Gasteiger partial charge >= 0.3 is 0 Å². The predicted molar refractivity (Wildman–Crippen MR) is 122 cm³/mol. The molecule has 5 heterocycles. The van der Waals surface area contributed by atoms with E-state index in [1.165, 1.54) is 0 Å². The van der Waals surface area contributed by atoms with Gasteiger partial charge in [0.25, 0.3) is 0 Å². The van der Waals surface area contributed by atoms with Crippen LogP contribution in [0.15, 0.2) is 42.5 Å². The first-order chi connectivity index (χ1) is 14.6. The summed E-state index contributed by atoms with van der Waals surface area (Å²) in [5.41, 5.74) is 6.51. The molecule has 0 saturated carbocycles. The molecule has 4 N–H and O–H groups in total. The number of nitrogens with zero attached hydrogens (tertiary/aromatic N) is 4. The standard InChI is InChI=1S/C23H22N6O.Mn/c1-2-9-30-23-14-21-12-17-4-3-15(26-17)10-19-7-8-20(28(19)24)11-16-5-6-18(27-16)13-22(23)29(21)25;/h3-8,10-14H,2,9,24-25H2,1H3;. The zero-order valence-corrected chi connectivity index (χ0v) is 18.2. The molecule has 1 radical (unpaired) electrons. The number of aromatic nitrogens is 4. The van der Waals surface area contributed by atoms with Crippen LogP contribution in [0.5, 0.6) is 5.75 Å². The molecule has 0 fully saturated rings. The van der Waals surface area contributed by atoms with E-state index in [2.05, 4.69) is 16.9 Å². The Bertz CT molecular complexity index is 1370. The Labute approximate surface area is 190 Å². The molecule has 7 nitrogen and oxygen atoms in total. The smallest absolute Gasteiger partial charge is 0.147 e. The van der Waals surface area contributed by atoms with Crippen LogP contribution in [0.3, 0.4) is 0 Å². The second-order valence-electron chi connectivity index (χ2n) is 7.26. The van der Waals surface area contributed by atoms with Crippen LogP contribution >= 0.6 is 0 Å². The minimum atomic E-state index is 0. The van der Waals surface area contributed by atoms with Crippen molar-refractivity contribution in [2.45, 2.75) is 13.3 Å². The Morgan fingerprint density at radius 2 is 1.26 bits per heavy atom. The number of nitrogens with two attached hydrogens (primary N) is 2. The molecule has 157 valence electrons. The van der Waals surface area contributed by atoms with E-state index in [1.54, 1.807) is 9.35 Å². The summed E-state index contributed by atoms with van der Waals surface area (Å²) in [5.74, 6) is 13.4. The average Bonchev–Trinajstić information content (AvgIpc) is 3.49. The van der Waals surface area contributed by atoms with Crippen molar-refractivity contribution in [3.8, 4) is 5.75 Å². The van der Waals surface area contributed by atoms with Gasteiger partial charge in [0.2, 0.25) is 0 Å². The molecular weight excluding hydrogens is 431 g/mol. The largest absolute Gasteiger partial charge is 0.491 e. The van der Waals surface area contributed by atoms with Crippen LogP contribution in [0.1, 0.15) is 36.1 Å². The fourth-order valence-electron chi connectivity index (χ4n) is 3.54. The molecule has 2 aliphatic heterocycles. The summed E-state index contributed by atoms with van der Waals surface area (Å²) in [4.78, 5) is 9.35. The summed E-state index contributed by atoms with van der Waals surface area (Å²) < 4.78 is 9.20. The van der Waals surface area contributed by atoms with Crippen molar-refractivity contribution in [3.63, 3.8) is 0 Å². The topological polar surface area (TPSA) is 96.9 Å². The molecule has 5 rings (SSSR count). The van der Waals surface area contributed by atoms with Crippen LogP contribution in [0, 0.1) is 0 Å². The van der Waals surface area contributed by atoms with E-state index in [-0.39, 0.29) is 17.1 Å². The Kier molecular flexibility index (Phi) is 5.59. The molecule has 3 aromatic rings. The molecule has 0 amide bonds. The summed E-state index contributed by atoms with van der Waals surface area (Å²) in [6, 6.07) is 13.6. The van der Waals surface area contributed by atoms with Gasteiger partial charge in [-0.15, -0.1) is 0 Å². The molecule has 0 unspecified atom stereocenters. The predicted octanol–water partition coefficient (Wildman–Crippen LogP) is 3.82. The van der Waals surface area contributed by atoms with Gasteiger partial charge in [0.1, 0.15) is 11.3 Å². The second-order valence-corrected chi connectivity index (χ2v) is 7.26. The van der Waals surface area contributed by atoms with Crippen molar-refractivity contribution in [2.75, 3.05) is 18.3 Å². The molecule has 3 aromatic heterocycles. The van der Waals surface area contributed by atoms with E-state index in [9.17, 15) is 0 Å². The minimum Gasteiger partial charge on any atom is -0.491 e. The Morgan fingerprint density at radius 3 is 1.81 bits per heavy atom. The first kappa shape index (κ1) is 20.8. The van der Waals surface area contributed by atoms with E-state index in [0.717, 1.165) is 57.0 Å². The maximum Gasteiger partial charge on any atom is 0.147 e. The summed E-state index contributed by atoms with van der Waals surface area (Å²) in [6.07, 6.45) is 8.72. The second kappa shape index (κ2) is 8.34. The van der Waals surface area contributed by atoms with Crippen molar-refractivity contribution < 1.29 is 21.8 Å². The number of hydrogen-bond acceptors (Lipinski definition) is 5. The van der Waals surface area contributed by atoms with Gasteiger partial charge in [-0.1, -0.05) is 6.92 Å². The molecular formula is C23H22MnN6O. The summed E-state index contributed by atoms with van der Waals surface area (Å²) >= 11 is 0. The first-order valence-corrected chi connectivity index (χ1v) is 9.87. The maximum atomic E-state index is 6.42. The number of nitrogen functional groups attached to an aromatic ring is 2. The number of fused-ring (bicyclic) bond motifs is 8. The summed E-state index contributed by atoms with van der Waals surface area (Å²) in [6.45, 7) is 2.68. The third-order valence-electron chi connectivity index (χ3n) is 5.05. The molecule has 8 bridgehead atoms. The maximum absolute atomic E-state index is 6.42. The average molecular weight is 453 g/mol. The van der Waals surface area contributed by atoms with Gasteiger partial charge in [-0.05, 0) is 67.1 Å². The minimum absolute atomic E-state index is 0. The first-order valence-electron chi connectivity index (χ1n) is 9.87. The van der Waals surface area contributed by atoms with Crippen molar-refractivity contribution in [1.29, 1.82) is 0 Å². The van der Waals surface area contributed by atoms with Crippen LogP contribution in [-0.2, 0) is 17.1 Å². The zero-order chi connectivity index (χ0) is 20.7. The van der Waals surface area contributed by atoms with E-state index in [4.69, 9.17) is 16.4 Å². The van der Waals surface area contributed by atoms with Crippen molar-refractivity contribution >= 4 is 46.4 Å². The molecule has 0 spiro atoms. The van der Waals surface area contributed by atoms with Crippen molar-refractivity contribution in [1.82, 2.24) is 19.3 Å². The summed E-state index contributed by atoms with van der Waals surface area (Å²) in [7, 11) is 0. The van der Waals surface area contributed by atoms with E-state index in [0.29, 0.717) is 6.61 Å². The van der Waals surface area contributed by atoms with Crippen LogP contribution in [0.4, 0.5) is 0 Å². The Morgan fingerprint density at radius 1 is 0.742 bits per heavy atom. The fraction of sp³-hybridized carbons (Fsp3) is 0.130. The number of hydrogen-bond donors (Lipinski definition) is 2. The Hall–Kier alpha value is -3.48. The molecule has 2 aliphatic rings. The van der Waals surface area contributed by atoms with E-state index >= 15 is 0 Å². The van der Waals surface area contributed by atoms with Crippen molar-refractivity contribution in [2.24, 2.45) is 0 Å². The molecule has 0 saturated heterocycles. The monoisotopic (exact) mass is 453 g/mol. The van der Waals surface area contributed by atoms with Crippen LogP contribution < -0.4 is 16.4 Å². The van der Waals surface area contributed by atoms with Gasteiger partial charge in [0, 0.05) is 23.1 Å². The third kappa shape index (κ3) is 3.95. The van der Waals surface area contributed by atoms with Gasteiger partial charge < -0.3 is 16.4 Å². The molecule has 8 heteroatoms. The van der Waals surface area contributed by atoms with Crippen molar-refractivity contribution in [3.05, 3.63) is 65.2 Å². The van der Waals surface area contributed by atoms with E-state index in [1.807, 2.05) is 66.8 Å². The fourth-order valence-corrected chi connectivity index (χ4v) is 3.54. The number of rotatable bonds is 3. The van der Waals surface area contributed by atoms with Gasteiger partial charge in [-0.2, -0.15) is 0 Å². The van der Waals surface area contributed by atoms with Crippen LogP contribution in [0.25, 0.3) is 46.4 Å². The number of ether oxygens (including phenoxy) is 1. The molecule has 0 atom stereocenters. The quantitative estimate of drug-likeness (QED) is 0.320. The summed E-state index contributed by atoms with van der Waals surface area (Å²) in [5, 5.41) is 0. The zero-order valence-electron chi connectivity index (χ0n) is 17.0. The van der Waals surface area contributed by atoms with Gasteiger partial charge in [-0.25, -0.2) is 9.97 Å². The van der Waals surface area contributed by atoms with E-state index < -0.39 is 0 Å². The Balaban J connectivity index is 0.00000231. The molecule has 0 aliphatic carbocycles. The normalized spacial score (nSPS) is 12.0. The van der Waals surface area contributed by atoms with Gasteiger partial charge in [0.05, 0.1) is 45.9 Å².